The van der Waals surface area contributed by atoms with Crippen LogP contribution in [-0.2, 0) is 11.2 Å². The summed E-state index contributed by atoms with van der Waals surface area (Å²) in [6.45, 7) is 9.47. The maximum Gasteiger partial charge on any atom is 0.245 e. The minimum absolute atomic E-state index is 0.0532. The normalized spacial score (nSPS) is 18.3. The summed E-state index contributed by atoms with van der Waals surface area (Å²) in [7, 11) is 0. The molecule has 0 N–H and O–H groups in total. The third kappa shape index (κ3) is 4.87. The molecule has 8 heteroatoms. The first-order valence-corrected chi connectivity index (χ1v) is 11.5. The molecule has 7 nitrogen and oxygen atoms in total. The van der Waals surface area contributed by atoms with E-state index in [9.17, 15) is 4.79 Å². The van der Waals surface area contributed by atoms with E-state index in [1.165, 1.54) is 4.70 Å². The summed E-state index contributed by atoms with van der Waals surface area (Å²) in [5.41, 5.74) is 1.01. The lowest BCUT2D eigenvalue weighted by Gasteiger charge is -2.30. The summed E-state index contributed by atoms with van der Waals surface area (Å²) < 4.78 is 6.69. The lowest BCUT2D eigenvalue weighted by molar-refractivity contribution is -0.131. The van der Waals surface area contributed by atoms with Crippen LogP contribution in [0.3, 0.4) is 0 Å². The van der Waals surface area contributed by atoms with E-state index in [1.807, 2.05) is 30.0 Å². The van der Waals surface area contributed by atoms with E-state index >= 15 is 0 Å². The van der Waals surface area contributed by atoms with Crippen LogP contribution in [0, 0.1) is 12.8 Å². The zero-order valence-corrected chi connectivity index (χ0v) is 18.7. The molecule has 0 spiro atoms. The van der Waals surface area contributed by atoms with Crippen molar-refractivity contribution in [1.82, 2.24) is 24.9 Å². The molecule has 3 aromatic rings. The molecule has 4 rings (SSSR count). The first-order chi connectivity index (χ1) is 14.5. The molecule has 1 aliphatic heterocycles. The zero-order valence-electron chi connectivity index (χ0n) is 17.9. The van der Waals surface area contributed by atoms with Crippen molar-refractivity contribution in [1.29, 1.82) is 0 Å². The van der Waals surface area contributed by atoms with E-state index in [-0.39, 0.29) is 11.9 Å². The average Bonchev–Trinajstić information content (AvgIpc) is 3.27. The van der Waals surface area contributed by atoms with Crippen LogP contribution in [0.25, 0.3) is 10.2 Å². The fourth-order valence-electron chi connectivity index (χ4n) is 4.03. The number of para-hydroxylation sites is 1. The highest BCUT2D eigenvalue weighted by Gasteiger charge is 2.32. The van der Waals surface area contributed by atoms with Crippen molar-refractivity contribution < 1.29 is 9.32 Å². The van der Waals surface area contributed by atoms with Gasteiger partial charge in [0.25, 0.3) is 0 Å². The summed E-state index contributed by atoms with van der Waals surface area (Å²) in [4.78, 5) is 26.6. The van der Waals surface area contributed by atoms with Crippen molar-refractivity contribution in [2.45, 2.75) is 46.1 Å². The van der Waals surface area contributed by atoms with Crippen molar-refractivity contribution in [2.24, 2.45) is 5.92 Å². The van der Waals surface area contributed by atoms with Gasteiger partial charge in [0, 0.05) is 39.0 Å². The number of rotatable bonds is 6. The second-order valence-corrected chi connectivity index (χ2v) is 9.47. The molecule has 0 aliphatic carbocycles. The SMILES string of the molecule is Cc1noc(C2CN(C(=O)CCc3nc4ccccc4s3)CCCN2CC(C)C)n1. The largest absolute Gasteiger partial charge is 0.341 e. The molecule has 2 aromatic heterocycles. The smallest absolute Gasteiger partial charge is 0.245 e. The first kappa shape index (κ1) is 20.9. The predicted molar refractivity (Wildman–Crippen MR) is 117 cm³/mol. The minimum Gasteiger partial charge on any atom is -0.341 e. The van der Waals surface area contributed by atoms with Crippen LogP contribution in [0.5, 0.6) is 0 Å². The van der Waals surface area contributed by atoms with E-state index in [2.05, 4.69) is 39.9 Å². The van der Waals surface area contributed by atoms with Gasteiger partial charge in [-0.2, -0.15) is 4.98 Å². The fraction of sp³-hybridized carbons (Fsp3) is 0.545. The van der Waals surface area contributed by atoms with Gasteiger partial charge >= 0.3 is 0 Å². The molecular weight excluding hydrogens is 398 g/mol. The van der Waals surface area contributed by atoms with Gasteiger partial charge in [-0.25, -0.2) is 4.98 Å². The first-order valence-electron chi connectivity index (χ1n) is 10.7. The van der Waals surface area contributed by atoms with Gasteiger partial charge in [0.15, 0.2) is 5.82 Å². The predicted octanol–water partition coefficient (Wildman–Crippen LogP) is 3.85. The summed E-state index contributed by atoms with van der Waals surface area (Å²) in [6, 6.07) is 8.06. The van der Waals surface area contributed by atoms with Crippen LogP contribution in [0.15, 0.2) is 28.8 Å². The molecule has 160 valence electrons. The number of carbonyl (C=O) groups excluding carboxylic acids is 1. The Kier molecular flexibility index (Phi) is 6.43. The van der Waals surface area contributed by atoms with Gasteiger partial charge in [-0.1, -0.05) is 31.1 Å². The molecule has 1 aromatic carbocycles. The highest BCUT2D eigenvalue weighted by molar-refractivity contribution is 7.18. The van der Waals surface area contributed by atoms with Gasteiger partial charge in [-0.15, -0.1) is 11.3 Å². The molecule has 1 unspecified atom stereocenters. The number of aryl methyl sites for hydroxylation is 2. The van der Waals surface area contributed by atoms with E-state index in [4.69, 9.17) is 4.52 Å². The molecule has 1 aliphatic rings. The van der Waals surface area contributed by atoms with Crippen LogP contribution in [-0.4, -0.2) is 57.0 Å². The highest BCUT2D eigenvalue weighted by atomic mass is 32.1. The third-order valence-electron chi connectivity index (χ3n) is 5.38. The van der Waals surface area contributed by atoms with Crippen molar-refractivity contribution in [3.05, 3.63) is 41.0 Å². The molecule has 0 saturated carbocycles. The summed E-state index contributed by atoms with van der Waals surface area (Å²) in [5, 5.41) is 5.00. The van der Waals surface area contributed by atoms with Crippen LogP contribution >= 0.6 is 11.3 Å². The van der Waals surface area contributed by atoms with E-state index < -0.39 is 0 Å². The lowest BCUT2D eigenvalue weighted by Crippen LogP contribution is -2.39. The number of thiazole rings is 1. The Morgan fingerprint density at radius 3 is 2.83 bits per heavy atom. The minimum atomic E-state index is -0.0532. The maximum atomic E-state index is 13.1. The van der Waals surface area contributed by atoms with Gasteiger partial charge in [-0.3, -0.25) is 9.69 Å². The number of hydrogen-bond acceptors (Lipinski definition) is 7. The van der Waals surface area contributed by atoms with Gasteiger partial charge in [-0.05, 0) is 31.4 Å². The third-order valence-corrected chi connectivity index (χ3v) is 6.48. The number of benzene rings is 1. The van der Waals surface area contributed by atoms with Gasteiger partial charge < -0.3 is 9.42 Å². The molecule has 1 saturated heterocycles. The van der Waals surface area contributed by atoms with Crippen molar-refractivity contribution in [2.75, 3.05) is 26.2 Å². The molecular formula is C22H29N5O2S. The van der Waals surface area contributed by atoms with Crippen molar-refractivity contribution in [3.63, 3.8) is 0 Å². The summed E-state index contributed by atoms with van der Waals surface area (Å²) in [6.07, 6.45) is 2.09. The van der Waals surface area contributed by atoms with Gasteiger partial charge in [0.1, 0.15) is 6.04 Å². The van der Waals surface area contributed by atoms with Crippen LogP contribution < -0.4 is 0 Å². The fourth-order valence-corrected chi connectivity index (χ4v) is 5.00. The quantitative estimate of drug-likeness (QED) is 0.595. The van der Waals surface area contributed by atoms with Crippen molar-refractivity contribution >= 4 is 27.5 Å². The monoisotopic (exact) mass is 427 g/mol. The Hall–Kier alpha value is -2.32. The Morgan fingerprint density at radius 2 is 2.10 bits per heavy atom. The highest BCUT2D eigenvalue weighted by Crippen LogP contribution is 2.26. The Balaban J connectivity index is 1.45. The molecule has 1 fully saturated rings. The summed E-state index contributed by atoms with van der Waals surface area (Å²) in [5.74, 6) is 1.94. The molecule has 3 heterocycles. The number of carbonyl (C=O) groups is 1. The number of aromatic nitrogens is 3. The summed E-state index contributed by atoms with van der Waals surface area (Å²) >= 11 is 1.67. The van der Waals surface area contributed by atoms with Crippen LogP contribution in [0.1, 0.15) is 49.5 Å². The molecule has 1 atom stereocenters. The Morgan fingerprint density at radius 1 is 1.27 bits per heavy atom. The number of hydrogen-bond donors (Lipinski definition) is 0. The lowest BCUT2D eigenvalue weighted by atomic mass is 10.1. The number of nitrogens with zero attached hydrogens (tertiary/aromatic N) is 5. The Bertz CT molecular complexity index is 965. The molecule has 0 bridgehead atoms. The molecule has 30 heavy (non-hydrogen) atoms. The van der Waals surface area contributed by atoms with Gasteiger partial charge in [0.05, 0.1) is 15.2 Å². The second-order valence-electron chi connectivity index (χ2n) is 8.35. The van der Waals surface area contributed by atoms with E-state index in [1.54, 1.807) is 11.3 Å². The van der Waals surface area contributed by atoms with E-state index in [0.29, 0.717) is 37.0 Å². The number of fused-ring (bicyclic) bond motifs is 1. The molecule has 1 amide bonds. The van der Waals surface area contributed by atoms with Gasteiger partial charge in [0.2, 0.25) is 11.8 Å². The zero-order chi connectivity index (χ0) is 21.1. The topological polar surface area (TPSA) is 75.4 Å². The standard InChI is InChI=1S/C22H29N5O2S/c1-15(2)13-26-11-6-12-27(14-18(26)22-23-16(3)25-29-22)21(28)10-9-20-24-17-7-4-5-8-19(17)30-20/h4-5,7-8,15,18H,6,9-14H2,1-3H3. The molecule has 0 radical (unpaired) electrons. The average molecular weight is 428 g/mol. The number of amides is 1. The second kappa shape index (κ2) is 9.22. The van der Waals surface area contributed by atoms with Crippen LogP contribution in [0.4, 0.5) is 0 Å². The maximum absolute atomic E-state index is 13.1. The van der Waals surface area contributed by atoms with Crippen molar-refractivity contribution in [3.8, 4) is 0 Å². The van der Waals surface area contributed by atoms with Crippen LogP contribution in [0.2, 0.25) is 0 Å². The van der Waals surface area contributed by atoms with E-state index in [0.717, 1.165) is 36.6 Å². The Labute approximate surface area is 181 Å².